The quantitative estimate of drug-likeness (QED) is 0.656. The molecule has 0 aliphatic heterocycles. The fraction of sp³-hybridized carbons (Fsp3) is 0.125. The number of hydrogen-bond donors (Lipinski definition) is 2. The minimum absolute atomic E-state index is 0.0663. The molecule has 2 rings (SSSR count). The summed E-state index contributed by atoms with van der Waals surface area (Å²) in [5.41, 5.74) is 1.03. The molecular weight excluding hydrogens is 186 g/mol. The molecule has 1 aromatic carbocycles. The monoisotopic (exact) mass is 193 g/mol. The van der Waals surface area contributed by atoms with Crippen LogP contribution in [0.3, 0.4) is 0 Å². The highest BCUT2D eigenvalue weighted by Gasteiger charge is 2.12. The van der Waals surface area contributed by atoms with E-state index in [1.54, 1.807) is 6.07 Å². The van der Waals surface area contributed by atoms with Gasteiger partial charge in [0.15, 0.2) is 5.52 Å². The molecule has 0 bridgehead atoms. The molecule has 1 heterocycles. The van der Waals surface area contributed by atoms with Crippen LogP contribution in [0, 0.1) is 0 Å². The fourth-order valence-electron chi connectivity index (χ4n) is 1.14. The van der Waals surface area contributed by atoms with Crippen LogP contribution in [0.4, 0.5) is 5.69 Å². The number of phenols is 1. The van der Waals surface area contributed by atoms with Crippen LogP contribution in [-0.4, -0.2) is 21.3 Å². The highest BCUT2D eigenvalue weighted by atomic mass is 16.6. The number of phenolic OH excluding ortho intramolecular Hbond substituents is 1. The summed E-state index contributed by atoms with van der Waals surface area (Å²) in [6, 6.07) is 2.96. The van der Waals surface area contributed by atoms with Gasteiger partial charge in [-0.05, 0) is 22.4 Å². The number of nitrogens with zero attached hydrogens (tertiary/aromatic N) is 2. The third-order valence-corrected chi connectivity index (χ3v) is 1.71. The Morgan fingerprint density at radius 1 is 1.50 bits per heavy atom. The molecule has 14 heavy (non-hydrogen) atoms. The Morgan fingerprint density at radius 2 is 2.29 bits per heavy atom. The van der Waals surface area contributed by atoms with Crippen molar-refractivity contribution in [3.05, 3.63) is 12.1 Å². The molecule has 0 fully saturated rings. The number of aromatic nitrogens is 2. The molecule has 2 aromatic rings. The zero-order valence-corrected chi connectivity index (χ0v) is 7.31. The standard InChI is InChI=1S/C8H7N3O3/c1-4(12)9-8-6(13)3-2-5-7(8)11-14-10-5/h2-3,13H,1H3,(H,9,12). The lowest BCUT2D eigenvalue weighted by molar-refractivity contribution is -0.114. The fourth-order valence-corrected chi connectivity index (χ4v) is 1.14. The Morgan fingerprint density at radius 3 is 3.00 bits per heavy atom. The Kier molecular flexibility index (Phi) is 1.81. The first-order valence-corrected chi connectivity index (χ1v) is 3.90. The summed E-state index contributed by atoms with van der Waals surface area (Å²) in [5, 5.41) is 19.1. The van der Waals surface area contributed by atoms with E-state index >= 15 is 0 Å². The van der Waals surface area contributed by atoms with Crippen molar-refractivity contribution in [3.63, 3.8) is 0 Å². The van der Waals surface area contributed by atoms with Crippen LogP contribution < -0.4 is 5.32 Å². The summed E-state index contributed by atoms with van der Waals surface area (Å²) in [6.07, 6.45) is 0. The minimum Gasteiger partial charge on any atom is -0.506 e. The third kappa shape index (κ3) is 1.26. The van der Waals surface area contributed by atoms with Crippen LogP contribution in [0.15, 0.2) is 16.8 Å². The number of carbonyl (C=O) groups excluding carboxylic acids is 1. The molecule has 1 amide bonds. The van der Waals surface area contributed by atoms with Crippen LogP contribution in [0.25, 0.3) is 11.0 Å². The van der Waals surface area contributed by atoms with Gasteiger partial charge in [0.1, 0.15) is 17.0 Å². The summed E-state index contributed by atoms with van der Waals surface area (Å²) >= 11 is 0. The summed E-state index contributed by atoms with van der Waals surface area (Å²) in [6.45, 7) is 1.34. The SMILES string of the molecule is CC(=O)Nc1c(O)ccc2nonc12. The maximum atomic E-state index is 10.8. The number of carbonyl (C=O) groups is 1. The van der Waals surface area contributed by atoms with Gasteiger partial charge in [-0.3, -0.25) is 4.79 Å². The van der Waals surface area contributed by atoms with Gasteiger partial charge in [0, 0.05) is 6.92 Å². The Hall–Kier alpha value is -2.11. The van der Waals surface area contributed by atoms with Gasteiger partial charge in [0.25, 0.3) is 0 Å². The second kappa shape index (κ2) is 2.99. The van der Waals surface area contributed by atoms with Crippen molar-refractivity contribution >= 4 is 22.6 Å². The summed E-state index contributed by atoms with van der Waals surface area (Å²) < 4.78 is 4.48. The van der Waals surface area contributed by atoms with Gasteiger partial charge in [0.05, 0.1) is 0 Å². The molecule has 0 aliphatic carbocycles. The average molecular weight is 193 g/mol. The van der Waals surface area contributed by atoms with Gasteiger partial charge in [0.2, 0.25) is 5.91 Å². The average Bonchev–Trinajstić information content (AvgIpc) is 2.57. The van der Waals surface area contributed by atoms with Crippen molar-refractivity contribution in [3.8, 4) is 5.75 Å². The molecule has 0 saturated heterocycles. The van der Waals surface area contributed by atoms with E-state index in [0.717, 1.165) is 0 Å². The van der Waals surface area contributed by atoms with Crippen molar-refractivity contribution in [1.29, 1.82) is 0 Å². The van der Waals surface area contributed by atoms with E-state index in [1.807, 2.05) is 0 Å². The van der Waals surface area contributed by atoms with E-state index in [0.29, 0.717) is 11.0 Å². The molecule has 1 aromatic heterocycles. The number of rotatable bonds is 1. The Labute approximate surface area is 78.5 Å². The molecule has 0 aliphatic rings. The molecule has 2 N–H and O–H groups in total. The van der Waals surface area contributed by atoms with Gasteiger partial charge in [-0.2, -0.15) is 0 Å². The zero-order chi connectivity index (χ0) is 10.1. The molecular formula is C8H7N3O3. The molecule has 0 radical (unpaired) electrons. The highest BCUT2D eigenvalue weighted by Crippen LogP contribution is 2.29. The van der Waals surface area contributed by atoms with E-state index in [-0.39, 0.29) is 17.3 Å². The highest BCUT2D eigenvalue weighted by molar-refractivity contribution is 6.00. The summed E-state index contributed by atoms with van der Waals surface area (Å²) in [7, 11) is 0. The molecule has 72 valence electrons. The smallest absolute Gasteiger partial charge is 0.221 e. The van der Waals surface area contributed by atoms with Crippen LogP contribution in [0.5, 0.6) is 5.75 Å². The molecule has 0 unspecified atom stereocenters. The maximum absolute atomic E-state index is 10.8. The second-order valence-corrected chi connectivity index (χ2v) is 2.77. The van der Waals surface area contributed by atoms with Gasteiger partial charge in [-0.25, -0.2) is 4.63 Å². The topological polar surface area (TPSA) is 88.2 Å². The normalized spacial score (nSPS) is 10.4. The molecule has 6 nitrogen and oxygen atoms in total. The lowest BCUT2D eigenvalue weighted by Gasteiger charge is -2.03. The van der Waals surface area contributed by atoms with Gasteiger partial charge < -0.3 is 10.4 Å². The second-order valence-electron chi connectivity index (χ2n) is 2.77. The molecule has 0 atom stereocenters. The lowest BCUT2D eigenvalue weighted by Crippen LogP contribution is -2.06. The minimum atomic E-state index is -0.296. The van der Waals surface area contributed by atoms with Crippen LogP contribution in [0.2, 0.25) is 0 Å². The van der Waals surface area contributed by atoms with Gasteiger partial charge in [-0.15, -0.1) is 0 Å². The van der Waals surface area contributed by atoms with Crippen molar-refractivity contribution < 1.29 is 14.5 Å². The Bertz CT molecular complexity index is 492. The van der Waals surface area contributed by atoms with E-state index in [2.05, 4.69) is 20.3 Å². The summed E-state index contributed by atoms with van der Waals surface area (Å²) in [5.74, 6) is -0.362. The number of amides is 1. The largest absolute Gasteiger partial charge is 0.506 e. The molecule has 0 saturated carbocycles. The number of benzene rings is 1. The number of nitrogens with one attached hydrogen (secondary N) is 1. The van der Waals surface area contributed by atoms with Crippen LogP contribution in [0.1, 0.15) is 6.92 Å². The van der Waals surface area contributed by atoms with E-state index in [1.165, 1.54) is 13.0 Å². The predicted octanol–water partition coefficient (Wildman–Crippen LogP) is 0.887. The van der Waals surface area contributed by atoms with Crippen LogP contribution in [-0.2, 0) is 4.79 Å². The van der Waals surface area contributed by atoms with E-state index in [4.69, 9.17) is 0 Å². The first-order chi connectivity index (χ1) is 6.68. The van der Waals surface area contributed by atoms with E-state index < -0.39 is 0 Å². The first-order valence-electron chi connectivity index (χ1n) is 3.90. The predicted molar refractivity (Wildman–Crippen MR) is 47.8 cm³/mol. The zero-order valence-electron chi connectivity index (χ0n) is 7.31. The molecule has 6 heteroatoms. The number of fused-ring (bicyclic) bond motifs is 1. The number of hydrogen-bond acceptors (Lipinski definition) is 5. The molecule has 0 spiro atoms. The van der Waals surface area contributed by atoms with Crippen molar-refractivity contribution in [1.82, 2.24) is 10.3 Å². The van der Waals surface area contributed by atoms with Crippen LogP contribution >= 0.6 is 0 Å². The number of anilines is 1. The van der Waals surface area contributed by atoms with Crippen molar-refractivity contribution in [2.75, 3.05) is 5.32 Å². The maximum Gasteiger partial charge on any atom is 0.221 e. The van der Waals surface area contributed by atoms with Gasteiger partial charge in [-0.1, -0.05) is 0 Å². The number of aromatic hydroxyl groups is 1. The lowest BCUT2D eigenvalue weighted by atomic mass is 10.2. The first kappa shape index (κ1) is 8.49. The Balaban J connectivity index is 2.64. The van der Waals surface area contributed by atoms with Crippen molar-refractivity contribution in [2.24, 2.45) is 0 Å². The van der Waals surface area contributed by atoms with Crippen molar-refractivity contribution in [2.45, 2.75) is 6.92 Å². The summed E-state index contributed by atoms with van der Waals surface area (Å²) in [4.78, 5) is 10.8. The van der Waals surface area contributed by atoms with E-state index in [9.17, 15) is 9.90 Å². The third-order valence-electron chi connectivity index (χ3n) is 1.71. The van der Waals surface area contributed by atoms with Gasteiger partial charge >= 0.3 is 0 Å².